The number of rotatable bonds is 6. The summed E-state index contributed by atoms with van der Waals surface area (Å²) in [5.41, 5.74) is 3.80. The van der Waals surface area contributed by atoms with Crippen LogP contribution in [0.4, 0.5) is 0 Å². The number of methoxy groups -OCH3 is 1. The van der Waals surface area contributed by atoms with Crippen molar-refractivity contribution < 1.29 is 14.3 Å². The van der Waals surface area contributed by atoms with Crippen LogP contribution in [0.25, 0.3) is 0 Å². The molecular formula is C17H18N2O3. The normalized spacial score (nSPS) is 10.5. The van der Waals surface area contributed by atoms with Crippen molar-refractivity contribution in [2.45, 2.75) is 6.92 Å². The second kappa shape index (κ2) is 7.83. The molecule has 0 heterocycles. The molecule has 0 aliphatic carbocycles. The summed E-state index contributed by atoms with van der Waals surface area (Å²) in [5.74, 6) is 1.14. The smallest absolute Gasteiger partial charge is 0.271 e. The van der Waals surface area contributed by atoms with Gasteiger partial charge in [0.1, 0.15) is 11.5 Å². The summed E-state index contributed by atoms with van der Waals surface area (Å²) >= 11 is 0. The SMILES string of the molecule is CCOc1ccccc1C=NNC(=O)c1ccc(OC)cc1. The van der Waals surface area contributed by atoms with Gasteiger partial charge >= 0.3 is 0 Å². The molecule has 0 aromatic heterocycles. The van der Waals surface area contributed by atoms with Crippen LogP contribution in [0.15, 0.2) is 53.6 Å². The van der Waals surface area contributed by atoms with Gasteiger partial charge in [0.25, 0.3) is 5.91 Å². The van der Waals surface area contributed by atoms with Crippen LogP contribution in [0.3, 0.4) is 0 Å². The Balaban J connectivity index is 2.01. The first kappa shape index (κ1) is 15.6. The molecule has 0 radical (unpaired) electrons. The Morgan fingerprint density at radius 1 is 1.18 bits per heavy atom. The zero-order valence-corrected chi connectivity index (χ0v) is 12.6. The highest BCUT2D eigenvalue weighted by Gasteiger charge is 2.04. The van der Waals surface area contributed by atoms with E-state index in [4.69, 9.17) is 9.47 Å². The van der Waals surface area contributed by atoms with E-state index < -0.39 is 0 Å². The summed E-state index contributed by atoms with van der Waals surface area (Å²) < 4.78 is 10.5. The fraction of sp³-hybridized carbons (Fsp3) is 0.176. The van der Waals surface area contributed by atoms with Gasteiger partial charge in [0.15, 0.2) is 0 Å². The van der Waals surface area contributed by atoms with Gasteiger partial charge in [0, 0.05) is 11.1 Å². The summed E-state index contributed by atoms with van der Waals surface area (Å²) in [6, 6.07) is 14.3. The van der Waals surface area contributed by atoms with E-state index in [9.17, 15) is 4.79 Å². The number of nitrogens with zero attached hydrogens (tertiary/aromatic N) is 1. The van der Waals surface area contributed by atoms with Gasteiger partial charge in [0.2, 0.25) is 0 Å². The van der Waals surface area contributed by atoms with Crippen molar-refractivity contribution in [1.82, 2.24) is 5.43 Å². The molecular weight excluding hydrogens is 280 g/mol. The van der Waals surface area contributed by atoms with E-state index >= 15 is 0 Å². The molecule has 1 N–H and O–H groups in total. The molecule has 0 unspecified atom stereocenters. The van der Waals surface area contributed by atoms with Gasteiger partial charge in [-0.1, -0.05) is 12.1 Å². The lowest BCUT2D eigenvalue weighted by atomic mass is 10.2. The first-order valence-corrected chi connectivity index (χ1v) is 6.94. The van der Waals surface area contributed by atoms with Crippen LogP contribution < -0.4 is 14.9 Å². The summed E-state index contributed by atoms with van der Waals surface area (Å²) in [7, 11) is 1.58. The highest BCUT2D eigenvalue weighted by Crippen LogP contribution is 2.15. The number of nitrogens with one attached hydrogen (secondary N) is 1. The molecule has 0 saturated carbocycles. The van der Waals surface area contributed by atoms with Gasteiger partial charge in [-0.05, 0) is 43.3 Å². The van der Waals surface area contributed by atoms with E-state index in [2.05, 4.69) is 10.5 Å². The third kappa shape index (κ3) is 4.09. The molecule has 2 rings (SSSR count). The van der Waals surface area contributed by atoms with Gasteiger partial charge < -0.3 is 9.47 Å². The van der Waals surface area contributed by atoms with Crippen molar-refractivity contribution in [1.29, 1.82) is 0 Å². The van der Waals surface area contributed by atoms with Crippen molar-refractivity contribution in [2.24, 2.45) is 5.10 Å². The molecule has 0 aliphatic rings. The summed E-state index contributed by atoms with van der Waals surface area (Å²) in [6.45, 7) is 2.49. The topological polar surface area (TPSA) is 59.9 Å². The van der Waals surface area contributed by atoms with Crippen molar-refractivity contribution in [3.63, 3.8) is 0 Å². The molecule has 114 valence electrons. The average Bonchev–Trinajstić information content (AvgIpc) is 2.56. The number of carbonyl (C=O) groups excluding carboxylic acids is 1. The Kier molecular flexibility index (Phi) is 5.54. The van der Waals surface area contributed by atoms with E-state index in [1.807, 2.05) is 31.2 Å². The van der Waals surface area contributed by atoms with Crippen LogP contribution >= 0.6 is 0 Å². The van der Waals surface area contributed by atoms with Crippen molar-refractivity contribution in [3.8, 4) is 11.5 Å². The molecule has 5 heteroatoms. The average molecular weight is 298 g/mol. The highest BCUT2D eigenvalue weighted by molar-refractivity contribution is 5.95. The van der Waals surface area contributed by atoms with Crippen LogP contribution in [0.5, 0.6) is 11.5 Å². The molecule has 2 aromatic rings. The molecule has 0 aliphatic heterocycles. The van der Waals surface area contributed by atoms with Crippen molar-refractivity contribution in [3.05, 3.63) is 59.7 Å². The van der Waals surface area contributed by atoms with E-state index in [0.717, 1.165) is 11.3 Å². The Hall–Kier alpha value is -2.82. The highest BCUT2D eigenvalue weighted by atomic mass is 16.5. The number of hydrazone groups is 1. The van der Waals surface area contributed by atoms with E-state index in [-0.39, 0.29) is 5.91 Å². The van der Waals surface area contributed by atoms with Crippen molar-refractivity contribution >= 4 is 12.1 Å². The third-order valence-electron chi connectivity index (χ3n) is 2.94. The monoisotopic (exact) mass is 298 g/mol. The summed E-state index contributed by atoms with van der Waals surface area (Å²) in [4.78, 5) is 11.9. The van der Waals surface area contributed by atoms with Crippen LogP contribution in [-0.4, -0.2) is 25.8 Å². The van der Waals surface area contributed by atoms with Crippen LogP contribution in [-0.2, 0) is 0 Å². The first-order chi connectivity index (χ1) is 10.7. The van der Waals surface area contributed by atoms with Crippen LogP contribution in [0, 0.1) is 0 Å². The molecule has 0 atom stereocenters. The molecule has 0 fully saturated rings. The molecule has 2 aromatic carbocycles. The molecule has 0 bridgehead atoms. The number of para-hydroxylation sites is 1. The minimum absolute atomic E-state index is 0.284. The van der Waals surface area contributed by atoms with Crippen LogP contribution in [0.2, 0.25) is 0 Å². The summed E-state index contributed by atoms with van der Waals surface area (Å²) in [5, 5.41) is 3.97. The Labute approximate surface area is 129 Å². The van der Waals surface area contributed by atoms with E-state index in [1.165, 1.54) is 0 Å². The molecule has 0 spiro atoms. The van der Waals surface area contributed by atoms with E-state index in [0.29, 0.717) is 17.9 Å². The van der Waals surface area contributed by atoms with Crippen LogP contribution in [0.1, 0.15) is 22.8 Å². The Bertz CT molecular complexity index is 651. The molecule has 0 saturated heterocycles. The maximum absolute atomic E-state index is 11.9. The van der Waals surface area contributed by atoms with Gasteiger partial charge in [-0.2, -0.15) is 5.10 Å². The fourth-order valence-corrected chi connectivity index (χ4v) is 1.84. The second-order valence-electron chi connectivity index (χ2n) is 4.40. The molecule has 5 nitrogen and oxygen atoms in total. The predicted molar refractivity (Wildman–Crippen MR) is 85.7 cm³/mol. The molecule has 1 amide bonds. The standard InChI is InChI=1S/C17H18N2O3/c1-3-22-16-7-5-4-6-14(16)12-18-19-17(20)13-8-10-15(21-2)11-9-13/h4-12H,3H2,1-2H3,(H,19,20). The van der Waals surface area contributed by atoms with Gasteiger partial charge in [-0.3, -0.25) is 4.79 Å². The lowest BCUT2D eigenvalue weighted by Crippen LogP contribution is -2.17. The quantitative estimate of drug-likeness (QED) is 0.659. The number of hydrogen-bond donors (Lipinski definition) is 1. The second-order valence-corrected chi connectivity index (χ2v) is 4.40. The molecule has 22 heavy (non-hydrogen) atoms. The number of carbonyl (C=O) groups is 1. The summed E-state index contributed by atoms with van der Waals surface area (Å²) in [6.07, 6.45) is 1.56. The third-order valence-corrected chi connectivity index (χ3v) is 2.94. The maximum Gasteiger partial charge on any atom is 0.271 e. The van der Waals surface area contributed by atoms with Gasteiger partial charge in [-0.25, -0.2) is 5.43 Å². The number of hydrogen-bond acceptors (Lipinski definition) is 4. The maximum atomic E-state index is 11.9. The van der Waals surface area contributed by atoms with Crippen molar-refractivity contribution in [2.75, 3.05) is 13.7 Å². The lowest BCUT2D eigenvalue weighted by molar-refractivity contribution is 0.0955. The number of benzene rings is 2. The zero-order valence-electron chi connectivity index (χ0n) is 12.6. The number of ether oxygens (including phenoxy) is 2. The number of amides is 1. The lowest BCUT2D eigenvalue weighted by Gasteiger charge is -2.06. The minimum Gasteiger partial charge on any atom is -0.497 e. The van der Waals surface area contributed by atoms with E-state index in [1.54, 1.807) is 37.6 Å². The largest absolute Gasteiger partial charge is 0.497 e. The van der Waals surface area contributed by atoms with Gasteiger partial charge in [0.05, 0.1) is 19.9 Å². The zero-order chi connectivity index (χ0) is 15.8. The first-order valence-electron chi connectivity index (χ1n) is 6.94. The Morgan fingerprint density at radius 2 is 1.91 bits per heavy atom. The minimum atomic E-state index is -0.284. The van der Waals surface area contributed by atoms with Gasteiger partial charge in [-0.15, -0.1) is 0 Å². The predicted octanol–water partition coefficient (Wildman–Crippen LogP) is 2.86. The Morgan fingerprint density at radius 3 is 2.59 bits per heavy atom. The fourth-order valence-electron chi connectivity index (χ4n) is 1.84.